The maximum absolute atomic E-state index is 13.6. The summed E-state index contributed by atoms with van der Waals surface area (Å²) in [5.74, 6) is 0.789. The summed E-state index contributed by atoms with van der Waals surface area (Å²) in [6, 6.07) is 25.7. The lowest BCUT2D eigenvalue weighted by molar-refractivity contribution is 0.0665. The molecule has 1 heterocycles. The molecule has 31 heavy (non-hydrogen) atoms. The van der Waals surface area contributed by atoms with Crippen LogP contribution in [0.4, 0.5) is 0 Å². The van der Waals surface area contributed by atoms with Gasteiger partial charge >= 0.3 is 0 Å². The van der Waals surface area contributed by atoms with Crippen molar-refractivity contribution in [3.63, 3.8) is 0 Å². The molecule has 1 aromatic heterocycles. The highest BCUT2D eigenvalue weighted by molar-refractivity contribution is 5.94. The molecule has 158 valence electrons. The first-order valence-electron chi connectivity index (χ1n) is 10.7. The number of imidazole rings is 1. The Bertz CT molecular complexity index is 1100. The van der Waals surface area contributed by atoms with Crippen LogP contribution in [0.5, 0.6) is 0 Å². The third kappa shape index (κ3) is 4.84. The van der Waals surface area contributed by atoms with Crippen LogP contribution in [0.1, 0.15) is 39.8 Å². The standard InChI is InChI=1S/C26H28N4O/c1-19-12-14-21(15-13-19)26(31)30(17-7-16-27)24(18-20-8-3-2-4-9-20)25-28-22-10-5-6-11-23(22)29-25/h2-6,8-15,24H,7,16-18,27H2,1H3,(H,28,29). The molecule has 0 saturated carbocycles. The Kier molecular flexibility index (Phi) is 6.43. The van der Waals surface area contributed by atoms with Gasteiger partial charge in [-0.05, 0) is 49.7 Å². The van der Waals surface area contributed by atoms with Gasteiger partial charge in [-0.2, -0.15) is 0 Å². The van der Waals surface area contributed by atoms with Gasteiger partial charge in [-0.1, -0.05) is 60.2 Å². The first kappa shape index (κ1) is 20.8. The highest BCUT2D eigenvalue weighted by atomic mass is 16.2. The lowest BCUT2D eigenvalue weighted by Crippen LogP contribution is -2.38. The first-order chi connectivity index (χ1) is 15.2. The molecule has 3 N–H and O–H groups in total. The molecule has 4 aromatic rings. The van der Waals surface area contributed by atoms with E-state index in [0.717, 1.165) is 34.4 Å². The molecule has 1 amide bonds. The van der Waals surface area contributed by atoms with Gasteiger partial charge in [0.25, 0.3) is 5.91 Å². The van der Waals surface area contributed by atoms with Gasteiger partial charge < -0.3 is 15.6 Å². The van der Waals surface area contributed by atoms with E-state index in [1.165, 1.54) is 0 Å². The van der Waals surface area contributed by atoms with Gasteiger partial charge in [0, 0.05) is 18.5 Å². The number of aryl methyl sites for hydroxylation is 1. The molecule has 4 rings (SSSR count). The molecule has 0 fully saturated rings. The summed E-state index contributed by atoms with van der Waals surface area (Å²) in [6.45, 7) is 3.11. The Morgan fingerprint density at radius 1 is 1.00 bits per heavy atom. The van der Waals surface area contributed by atoms with Crippen molar-refractivity contribution in [2.24, 2.45) is 5.73 Å². The number of rotatable bonds is 8. The quantitative estimate of drug-likeness (QED) is 0.442. The maximum atomic E-state index is 13.6. The van der Waals surface area contributed by atoms with Gasteiger partial charge in [0.15, 0.2) is 0 Å². The molecule has 5 nitrogen and oxygen atoms in total. The lowest BCUT2D eigenvalue weighted by Gasteiger charge is -2.31. The van der Waals surface area contributed by atoms with Crippen LogP contribution < -0.4 is 5.73 Å². The molecule has 0 aliphatic carbocycles. The Labute approximate surface area is 182 Å². The summed E-state index contributed by atoms with van der Waals surface area (Å²) in [4.78, 5) is 23.8. The molecule has 0 bridgehead atoms. The molecule has 0 aliphatic rings. The van der Waals surface area contributed by atoms with Gasteiger partial charge in [-0.15, -0.1) is 0 Å². The van der Waals surface area contributed by atoms with Crippen LogP contribution in [0.25, 0.3) is 11.0 Å². The molecule has 3 aromatic carbocycles. The summed E-state index contributed by atoms with van der Waals surface area (Å²) >= 11 is 0. The fourth-order valence-corrected chi connectivity index (χ4v) is 3.84. The fraction of sp³-hybridized carbons (Fsp3) is 0.231. The van der Waals surface area contributed by atoms with E-state index < -0.39 is 0 Å². The number of nitrogens with zero attached hydrogens (tertiary/aromatic N) is 2. The number of carbonyl (C=O) groups is 1. The van der Waals surface area contributed by atoms with E-state index in [1.54, 1.807) is 0 Å². The fourth-order valence-electron chi connectivity index (χ4n) is 3.84. The van der Waals surface area contributed by atoms with Crippen LogP contribution >= 0.6 is 0 Å². The minimum absolute atomic E-state index is 0.00478. The van der Waals surface area contributed by atoms with Crippen molar-refractivity contribution in [3.8, 4) is 0 Å². The monoisotopic (exact) mass is 412 g/mol. The van der Waals surface area contributed by atoms with Crippen LogP contribution in [0.15, 0.2) is 78.9 Å². The van der Waals surface area contributed by atoms with Crippen LogP contribution in [0.3, 0.4) is 0 Å². The number of benzene rings is 3. The molecular weight excluding hydrogens is 384 g/mol. The average Bonchev–Trinajstić information content (AvgIpc) is 3.23. The second kappa shape index (κ2) is 9.58. The number of amides is 1. The molecule has 0 spiro atoms. The molecule has 0 radical (unpaired) electrons. The van der Waals surface area contributed by atoms with Gasteiger partial charge in [0.1, 0.15) is 5.82 Å². The van der Waals surface area contributed by atoms with E-state index in [9.17, 15) is 4.79 Å². The molecular formula is C26H28N4O. The van der Waals surface area contributed by atoms with E-state index in [-0.39, 0.29) is 11.9 Å². The van der Waals surface area contributed by atoms with Gasteiger partial charge in [0.2, 0.25) is 0 Å². The number of nitrogens with two attached hydrogens (primary N) is 1. The normalized spacial score (nSPS) is 12.1. The zero-order valence-corrected chi connectivity index (χ0v) is 17.8. The van der Waals surface area contributed by atoms with Crippen LogP contribution in [-0.4, -0.2) is 33.9 Å². The lowest BCUT2D eigenvalue weighted by atomic mass is 10.0. The number of hydrogen-bond donors (Lipinski definition) is 2. The van der Waals surface area contributed by atoms with Crippen molar-refractivity contribution in [2.75, 3.05) is 13.1 Å². The number of hydrogen-bond acceptors (Lipinski definition) is 3. The number of fused-ring (bicyclic) bond motifs is 1. The molecule has 1 unspecified atom stereocenters. The van der Waals surface area contributed by atoms with Crippen molar-refractivity contribution in [1.82, 2.24) is 14.9 Å². The number of aromatic nitrogens is 2. The summed E-state index contributed by atoms with van der Waals surface area (Å²) in [6.07, 6.45) is 1.39. The Morgan fingerprint density at radius 3 is 2.42 bits per heavy atom. The number of carbonyl (C=O) groups excluding carboxylic acids is 1. The zero-order chi connectivity index (χ0) is 21.6. The number of H-pyrrole nitrogens is 1. The Balaban J connectivity index is 1.76. The number of aromatic amines is 1. The Hall–Kier alpha value is -3.44. The minimum Gasteiger partial charge on any atom is -0.340 e. The largest absolute Gasteiger partial charge is 0.340 e. The van der Waals surface area contributed by atoms with E-state index in [4.69, 9.17) is 10.7 Å². The number of para-hydroxylation sites is 2. The third-order valence-corrected chi connectivity index (χ3v) is 5.53. The van der Waals surface area contributed by atoms with E-state index in [2.05, 4.69) is 17.1 Å². The van der Waals surface area contributed by atoms with Crippen molar-refractivity contribution in [2.45, 2.75) is 25.8 Å². The zero-order valence-electron chi connectivity index (χ0n) is 17.8. The van der Waals surface area contributed by atoms with Crippen molar-refractivity contribution in [3.05, 3.63) is 101 Å². The van der Waals surface area contributed by atoms with Gasteiger partial charge in [-0.3, -0.25) is 4.79 Å². The molecule has 1 atom stereocenters. The van der Waals surface area contributed by atoms with Crippen molar-refractivity contribution in [1.29, 1.82) is 0 Å². The first-order valence-corrected chi connectivity index (χ1v) is 10.7. The van der Waals surface area contributed by atoms with Crippen molar-refractivity contribution >= 4 is 16.9 Å². The minimum atomic E-state index is -0.227. The second-order valence-electron chi connectivity index (χ2n) is 7.85. The molecule has 0 saturated heterocycles. The third-order valence-electron chi connectivity index (χ3n) is 5.53. The molecule has 5 heteroatoms. The van der Waals surface area contributed by atoms with Crippen molar-refractivity contribution < 1.29 is 4.79 Å². The maximum Gasteiger partial charge on any atom is 0.254 e. The van der Waals surface area contributed by atoms with Gasteiger partial charge in [0.05, 0.1) is 17.1 Å². The predicted octanol–water partition coefficient (Wildman–Crippen LogP) is 4.65. The summed E-state index contributed by atoms with van der Waals surface area (Å²) in [7, 11) is 0. The van der Waals surface area contributed by atoms with E-state index >= 15 is 0 Å². The summed E-state index contributed by atoms with van der Waals surface area (Å²) < 4.78 is 0. The summed E-state index contributed by atoms with van der Waals surface area (Å²) in [5, 5.41) is 0. The highest BCUT2D eigenvalue weighted by Crippen LogP contribution is 2.27. The van der Waals surface area contributed by atoms with E-state index in [1.807, 2.05) is 78.6 Å². The van der Waals surface area contributed by atoms with Crippen LogP contribution in [0, 0.1) is 6.92 Å². The van der Waals surface area contributed by atoms with Crippen LogP contribution in [0.2, 0.25) is 0 Å². The topological polar surface area (TPSA) is 75.0 Å². The second-order valence-corrected chi connectivity index (χ2v) is 7.85. The predicted molar refractivity (Wildman–Crippen MR) is 125 cm³/mol. The Morgan fingerprint density at radius 2 is 1.71 bits per heavy atom. The van der Waals surface area contributed by atoms with E-state index in [0.29, 0.717) is 25.1 Å². The smallest absolute Gasteiger partial charge is 0.254 e. The number of nitrogens with one attached hydrogen (secondary N) is 1. The summed E-state index contributed by atoms with van der Waals surface area (Å²) in [5.41, 5.74) is 10.7. The van der Waals surface area contributed by atoms with Crippen LogP contribution in [-0.2, 0) is 6.42 Å². The molecule has 0 aliphatic heterocycles. The SMILES string of the molecule is Cc1ccc(C(=O)N(CCCN)C(Cc2ccccc2)c2nc3ccccc3[nH]2)cc1. The van der Waals surface area contributed by atoms with Gasteiger partial charge in [-0.25, -0.2) is 4.98 Å². The average molecular weight is 413 g/mol. The highest BCUT2D eigenvalue weighted by Gasteiger charge is 2.28.